The number of rotatable bonds is 1. The third-order valence-electron chi connectivity index (χ3n) is 1.96. The molecule has 0 saturated carbocycles. The fraction of sp³-hybridized carbons (Fsp3) is 0.625. The average molecular weight is 140 g/mol. The van der Waals surface area contributed by atoms with Crippen molar-refractivity contribution in [3.8, 4) is 0 Å². The van der Waals surface area contributed by atoms with Crippen molar-refractivity contribution in [2.45, 2.75) is 20.3 Å². The minimum Gasteiger partial charge on any atom is -0.465 e. The predicted molar refractivity (Wildman–Crippen MR) is 38.5 cm³/mol. The fourth-order valence-corrected chi connectivity index (χ4v) is 1.04. The molecule has 2 nitrogen and oxygen atoms in total. The summed E-state index contributed by atoms with van der Waals surface area (Å²) >= 11 is 0. The first-order valence-electron chi connectivity index (χ1n) is 3.52. The van der Waals surface area contributed by atoms with Gasteiger partial charge in [-0.1, -0.05) is 11.6 Å². The molecule has 0 spiro atoms. The molecule has 2 heteroatoms. The Morgan fingerprint density at radius 1 is 1.80 bits per heavy atom. The molecular formula is C8H12O2. The number of ether oxygens (including phenoxy) is 1. The zero-order valence-electron chi connectivity index (χ0n) is 6.39. The summed E-state index contributed by atoms with van der Waals surface area (Å²) in [5.74, 6) is 0.281. The third-order valence-corrected chi connectivity index (χ3v) is 1.96. The Kier molecular flexibility index (Phi) is 2.10. The molecule has 1 saturated heterocycles. The van der Waals surface area contributed by atoms with Crippen LogP contribution in [0.1, 0.15) is 20.3 Å². The van der Waals surface area contributed by atoms with Crippen LogP contribution in [0.3, 0.4) is 0 Å². The quantitative estimate of drug-likeness (QED) is 0.407. The molecule has 0 radical (unpaired) electrons. The highest BCUT2D eigenvalue weighted by molar-refractivity contribution is 5.72. The van der Waals surface area contributed by atoms with Crippen molar-refractivity contribution in [3.05, 3.63) is 11.6 Å². The summed E-state index contributed by atoms with van der Waals surface area (Å²) in [4.78, 5) is 10.6. The molecule has 0 bridgehead atoms. The Hall–Kier alpha value is -0.790. The highest BCUT2D eigenvalue weighted by atomic mass is 16.5. The van der Waals surface area contributed by atoms with E-state index in [1.54, 1.807) is 0 Å². The zero-order valence-corrected chi connectivity index (χ0v) is 6.39. The molecule has 1 aliphatic heterocycles. The monoisotopic (exact) mass is 140 g/mol. The molecule has 10 heavy (non-hydrogen) atoms. The summed E-state index contributed by atoms with van der Waals surface area (Å²) in [6, 6.07) is 0. The van der Waals surface area contributed by atoms with Crippen LogP contribution < -0.4 is 0 Å². The Bertz CT molecular complexity index is 170. The molecule has 0 N–H and O–H groups in total. The number of hydrogen-bond acceptors (Lipinski definition) is 2. The molecule has 0 aromatic heterocycles. The van der Waals surface area contributed by atoms with Gasteiger partial charge in [0.25, 0.3) is 0 Å². The van der Waals surface area contributed by atoms with Gasteiger partial charge in [-0.25, -0.2) is 0 Å². The second kappa shape index (κ2) is 2.86. The van der Waals surface area contributed by atoms with Crippen LogP contribution >= 0.6 is 0 Å². The van der Waals surface area contributed by atoms with Gasteiger partial charge in [-0.2, -0.15) is 0 Å². The van der Waals surface area contributed by atoms with Crippen LogP contribution in [0.4, 0.5) is 0 Å². The SMILES string of the molecule is C/C=C(/C)C1COC(=O)C1. The molecule has 1 atom stereocenters. The van der Waals surface area contributed by atoms with Crippen molar-refractivity contribution in [2.24, 2.45) is 5.92 Å². The van der Waals surface area contributed by atoms with Crippen molar-refractivity contribution in [3.63, 3.8) is 0 Å². The summed E-state index contributed by atoms with van der Waals surface area (Å²) in [5, 5.41) is 0. The second-order valence-corrected chi connectivity index (χ2v) is 2.62. The number of esters is 1. The standard InChI is InChI=1S/C8H12O2/c1-3-6(2)7-4-8(9)10-5-7/h3,7H,4-5H2,1-2H3/b6-3-. The minimum atomic E-state index is -0.0637. The van der Waals surface area contributed by atoms with E-state index >= 15 is 0 Å². The Morgan fingerprint density at radius 2 is 2.50 bits per heavy atom. The van der Waals surface area contributed by atoms with Gasteiger partial charge in [0.1, 0.15) is 0 Å². The topological polar surface area (TPSA) is 26.3 Å². The Balaban J connectivity index is 2.52. The lowest BCUT2D eigenvalue weighted by Crippen LogP contribution is -1.99. The third kappa shape index (κ3) is 1.38. The summed E-state index contributed by atoms with van der Waals surface area (Å²) in [7, 11) is 0. The lowest BCUT2D eigenvalue weighted by atomic mass is 10.00. The highest BCUT2D eigenvalue weighted by Gasteiger charge is 2.24. The van der Waals surface area contributed by atoms with Gasteiger partial charge in [0.15, 0.2) is 0 Å². The highest BCUT2D eigenvalue weighted by Crippen LogP contribution is 2.21. The molecular weight excluding hydrogens is 128 g/mol. The van der Waals surface area contributed by atoms with Gasteiger partial charge in [-0.15, -0.1) is 0 Å². The van der Waals surface area contributed by atoms with Gasteiger partial charge in [-0.05, 0) is 13.8 Å². The van der Waals surface area contributed by atoms with E-state index < -0.39 is 0 Å². The van der Waals surface area contributed by atoms with E-state index in [4.69, 9.17) is 4.74 Å². The van der Waals surface area contributed by atoms with Gasteiger partial charge in [0, 0.05) is 5.92 Å². The van der Waals surface area contributed by atoms with Crippen molar-refractivity contribution in [1.82, 2.24) is 0 Å². The van der Waals surface area contributed by atoms with Crippen molar-refractivity contribution in [2.75, 3.05) is 6.61 Å². The minimum absolute atomic E-state index is 0.0637. The normalized spacial score (nSPS) is 26.8. The van der Waals surface area contributed by atoms with E-state index in [0.29, 0.717) is 18.9 Å². The molecule has 1 unspecified atom stereocenters. The molecule has 1 rings (SSSR count). The fourth-order valence-electron chi connectivity index (χ4n) is 1.04. The molecule has 0 aliphatic carbocycles. The average Bonchev–Trinajstić information content (AvgIpc) is 2.34. The molecule has 1 heterocycles. The van der Waals surface area contributed by atoms with Gasteiger partial charge >= 0.3 is 5.97 Å². The van der Waals surface area contributed by atoms with Crippen molar-refractivity contribution < 1.29 is 9.53 Å². The maximum Gasteiger partial charge on any atom is 0.306 e. The van der Waals surface area contributed by atoms with E-state index in [2.05, 4.69) is 0 Å². The zero-order chi connectivity index (χ0) is 7.56. The molecule has 0 aromatic rings. The number of allylic oxidation sites excluding steroid dienone is 1. The van der Waals surface area contributed by atoms with Gasteiger partial charge in [0.05, 0.1) is 13.0 Å². The van der Waals surface area contributed by atoms with Crippen molar-refractivity contribution >= 4 is 5.97 Å². The predicted octanol–water partition coefficient (Wildman–Crippen LogP) is 1.52. The molecule has 0 aromatic carbocycles. The van der Waals surface area contributed by atoms with Crippen LogP contribution in [-0.4, -0.2) is 12.6 Å². The van der Waals surface area contributed by atoms with Gasteiger partial charge in [-0.3, -0.25) is 4.79 Å². The molecule has 0 amide bonds. The summed E-state index contributed by atoms with van der Waals surface area (Å²) in [5.41, 5.74) is 1.26. The first-order valence-corrected chi connectivity index (χ1v) is 3.52. The van der Waals surface area contributed by atoms with E-state index in [1.807, 2.05) is 19.9 Å². The molecule has 1 fully saturated rings. The van der Waals surface area contributed by atoms with Crippen LogP contribution in [0.2, 0.25) is 0 Å². The second-order valence-electron chi connectivity index (χ2n) is 2.62. The van der Waals surface area contributed by atoms with Crippen LogP contribution in [0.25, 0.3) is 0 Å². The molecule has 1 aliphatic rings. The maximum absolute atomic E-state index is 10.6. The van der Waals surface area contributed by atoms with Gasteiger partial charge < -0.3 is 4.74 Å². The van der Waals surface area contributed by atoms with Crippen molar-refractivity contribution in [1.29, 1.82) is 0 Å². The summed E-state index contributed by atoms with van der Waals surface area (Å²) in [6.07, 6.45) is 2.60. The molecule has 56 valence electrons. The Labute approximate surface area is 60.9 Å². The van der Waals surface area contributed by atoms with E-state index in [9.17, 15) is 4.79 Å². The number of hydrogen-bond donors (Lipinski definition) is 0. The van der Waals surface area contributed by atoms with Crippen LogP contribution in [0, 0.1) is 5.92 Å². The lowest BCUT2D eigenvalue weighted by Gasteiger charge is -2.03. The maximum atomic E-state index is 10.6. The van der Waals surface area contributed by atoms with Gasteiger partial charge in [0.2, 0.25) is 0 Å². The van der Waals surface area contributed by atoms with E-state index in [-0.39, 0.29) is 5.97 Å². The Morgan fingerprint density at radius 3 is 2.90 bits per heavy atom. The van der Waals surface area contributed by atoms with Crippen LogP contribution in [-0.2, 0) is 9.53 Å². The van der Waals surface area contributed by atoms with E-state index in [0.717, 1.165) is 0 Å². The first-order chi connectivity index (χ1) is 4.74. The van der Waals surface area contributed by atoms with E-state index in [1.165, 1.54) is 5.57 Å². The summed E-state index contributed by atoms with van der Waals surface area (Å²) in [6.45, 7) is 4.60. The number of carbonyl (C=O) groups is 1. The van der Waals surface area contributed by atoms with Crippen LogP contribution in [0.5, 0.6) is 0 Å². The van der Waals surface area contributed by atoms with Crippen LogP contribution in [0.15, 0.2) is 11.6 Å². The smallest absolute Gasteiger partial charge is 0.306 e. The number of cyclic esters (lactones) is 1. The number of carbonyl (C=O) groups excluding carboxylic acids is 1. The summed E-state index contributed by atoms with van der Waals surface area (Å²) < 4.78 is 4.81. The lowest BCUT2D eigenvalue weighted by molar-refractivity contribution is -0.137. The first kappa shape index (κ1) is 7.32. The largest absolute Gasteiger partial charge is 0.465 e.